The summed E-state index contributed by atoms with van der Waals surface area (Å²) in [4.78, 5) is 51.2. The molecule has 0 unspecified atom stereocenters. The Morgan fingerprint density at radius 2 is 0.915 bits per heavy atom. The van der Waals surface area contributed by atoms with Gasteiger partial charge in [-0.2, -0.15) is 0 Å². The summed E-state index contributed by atoms with van der Waals surface area (Å²) in [5.41, 5.74) is 1.60. The Balaban J connectivity index is 2.61. The average molecular weight is 661 g/mol. The van der Waals surface area contributed by atoms with Gasteiger partial charge < -0.3 is 20.1 Å². The first-order valence-corrected chi connectivity index (χ1v) is 19.2. The Hall–Kier alpha value is -2.64. The Labute approximate surface area is 286 Å². The van der Waals surface area contributed by atoms with Crippen molar-refractivity contribution in [3.05, 3.63) is 22.5 Å². The van der Waals surface area contributed by atoms with E-state index in [1.54, 1.807) is 6.92 Å². The van der Waals surface area contributed by atoms with E-state index in [0.717, 1.165) is 44.9 Å². The number of allylic oxidation sites excluding steroid dienone is 2. The van der Waals surface area contributed by atoms with Gasteiger partial charge in [0.05, 0.1) is 24.6 Å². The molecule has 2 N–H and O–H groups in total. The molecule has 47 heavy (non-hydrogen) atoms. The van der Waals surface area contributed by atoms with Crippen molar-refractivity contribution in [1.82, 2.24) is 10.6 Å². The van der Waals surface area contributed by atoms with Crippen LogP contribution in [-0.2, 0) is 28.7 Å². The monoisotopic (exact) mass is 661 g/mol. The zero-order valence-corrected chi connectivity index (χ0v) is 30.5. The van der Waals surface area contributed by atoms with Gasteiger partial charge in [0.25, 0.3) is 0 Å². The highest BCUT2D eigenvalue weighted by Gasteiger charge is 2.32. The quantitative estimate of drug-likeness (QED) is 0.0431. The number of ether oxygens (including phenoxy) is 2. The largest absolute Gasteiger partial charge is 0.466 e. The van der Waals surface area contributed by atoms with Crippen molar-refractivity contribution in [2.75, 3.05) is 26.3 Å². The second-order valence-corrected chi connectivity index (χ2v) is 13.1. The summed E-state index contributed by atoms with van der Waals surface area (Å²) in [5, 5.41) is 6.37. The van der Waals surface area contributed by atoms with E-state index in [9.17, 15) is 19.2 Å². The smallest absolute Gasteiger partial charge is 0.305 e. The van der Waals surface area contributed by atoms with E-state index in [4.69, 9.17) is 9.47 Å². The normalized spacial score (nSPS) is 13.4. The van der Waals surface area contributed by atoms with Gasteiger partial charge in [-0.15, -0.1) is 0 Å². The average Bonchev–Trinajstić information content (AvgIpc) is 3.06. The molecule has 0 saturated heterocycles. The van der Waals surface area contributed by atoms with Crippen LogP contribution in [0, 0.1) is 0 Å². The van der Waals surface area contributed by atoms with E-state index in [1.807, 2.05) is 13.8 Å². The number of Topliss-reactive ketones (excluding diaryl/α,β-unsaturated/α-hetero) is 2. The Kier molecular flexibility index (Phi) is 25.6. The maximum absolute atomic E-state index is 13.7. The molecule has 0 atom stereocenters. The summed E-state index contributed by atoms with van der Waals surface area (Å²) in [5.74, 6) is -0.809. The zero-order valence-electron chi connectivity index (χ0n) is 30.5. The fraction of sp³-hybridized carbons (Fsp3) is 0.795. The first-order valence-electron chi connectivity index (χ1n) is 19.2. The van der Waals surface area contributed by atoms with Crippen molar-refractivity contribution in [3.8, 4) is 0 Å². The maximum atomic E-state index is 13.7. The number of carbonyl (C=O) groups is 4. The molecule has 8 nitrogen and oxygen atoms in total. The molecule has 0 amide bonds. The van der Waals surface area contributed by atoms with Crippen molar-refractivity contribution >= 4 is 23.5 Å². The van der Waals surface area contributed by atoms with Gasteiger partial charge in [0, 0.05) is 37.1 Å². The van der Waals surface area contributed by atoms with Gasteiger partial charge in [0.15, 0.2) is 0 Å². The topological polar surface area (TPSA) is 111 Å². The number of rotatable bonds is 31. The number of nitrogens with one attached hydrogen (secondary N) is 2. The lowest BCUT2D eigenvalue weighted by molar-refractivity contribution is -0.144. The van der Waals surface area contributed by atoms with E-state index in [0.29, 0.717) is 68.1 Å². The van der Waals surface area contributed by atoms with Crippen LogP contribution < -0.4 is 10.6 Å². The molecule has 1 aliphatic carbocycles. The minimum Gasteiger partial charge on any atom is -0.466 e. The van der Waals surface area contributed by atoms with E-state index >= 15 is 0 Å². The third-order valence-corrected chi connectivity index (χ3v) is 8.77. The predicted molar refractivity (Wildman–Crippen MR) is 191 cm³/mol. The highest BCUT2D eigenvalue weighted by molar-refractivity contribution is 6.24. The lowest BCUT2D eigenvalue weighted by Gasteiger charge is -2.24. The maximum Gasteiger partial charge on any atom is 0.305 e. The molecule has 0 aromatic rings. The van der Waals surface area contributed by atoms with Crippen molar-refractivity contribution < 1.29 is 28.7 Å². The molecule has 270 valence electrons. The van der Waals surface area contributed by atoms with Crippen molar-refractivity contribution in [1.29, 1.82) is 0 Å². The first-order chi connectivity index (χ1) is 22.9. The van der Waals surface area contributed by atoms with Crippen LogP contribution in [0.15, 0.2) is 22.5 Å². The minimum atomic E-state index is -0.240. The van der Waals surface area contributed by atoms with Crippen molar-refractivity contribution in [3.63, 3.8) is 0 Å². The van der Waals surface area contributed by atoms with Crippen molar-refractivity contribution in [2.24, 2.45) is 0 Å². The predicted octanol–water partition coefficient (Wildman–Crippen LogP) is 8.96. The van der Waals surface area contributed by atoms with Gasteiger partial charge in [-0.05, 0) is 45.4 Å². The fourth-order valence-electron chi connectivity index (χ4n) is 5.70. The molecular weight excluding hydrogens is 592 g/mol. The van der Waals surface area contributed by atoms with Crippen LogP contribution in [0.1, 0.15) is 175 Å². The minimum absolute atomic E-state index is 0.149. The molecule has 0 spiro atoms. The Morgan fingerprint density at radius 1 is 0.511 bits per heavy atom. The third kappa shape index (κ3) is 19.7. The lowest BCUT2D eigenvalue weighted by Crippen LogP contribution is -2.36. The number of carbonyl (C=O) groups excluding carboxylic acids is 4. The second kappa shape index (κ2) is 28.4. The van der Waals surface area contributed by atoms with Gasteiger partial charge in [0.1, 0.15) is 0 Å². The van der Waals surface area contributed by atoms with Crippen molar-refractivity contribution in [2.45, 2.75) is 175 Å². The number of esters is 2. The molecule has 0 bridgehead atoms. The Morgan fingerprint density at radius 3 is 1.36 bits per heavy atom. The van der Waals surface area contributed by atoms with Crippen LogP contribution in [-0.4, -0.2) is 49.8 Å². The van der Waals surface area contributed by atoms with Crippen LogP contribution in [0.3, 0.4) is 0 Å². The summed E-state index contributed by atoms with van der Waals surface area (Å²) in [6.07, 6.45) is 23.3. The molecule has 0 aliphatic heterocycles. The number of hydrogen-bond donors (Lipinski definition) is 2. The molecule has 1 rings (SSSR count). The van der Waals surface area contributed by atoms with Crippen LogP contribution in [0.5, 0.6) is 0 Å². The van der Waals surface area contributed by atoms with Gasteiger partial charge in [-0.1, -0.05) is 117 Å². The van der Waals surface area contributed by atoms with Crippen LogP contribution in [0.2, 0.25) is 0 Å². The van der Waals surface area contributed by atoms with E-state index < -0.39 is 0 Å². The van der Waals surface area contributed by atoms with Gasteiger partial charge >= 0.3 is 11.9 Å². The standard InChI is InChI=1S/C39H68N2O6/c1-5-8-11-12-13-14-15-16-17-18-19-20-21-22-25-33-37(41-29-24-27-35(43)47-31-10-7-3)38(44)32(4)36(39(33)45)40-28-23-26-34(42)46-30-9-6-2/h40-41H,5-31H2,1-4H3. The molecule has 0 aromatic carbocycles. The van der Waals surface area contributed by atoms with Crippen LogP contribution in [0.25, 0.3) is 0 Å². The highest BCUT2D eigenvalue weighted by Crippen LogP contribution is 2.26. The molecule has 0 aromatic heterocycles. The summed E-state index contributed by atoms with van der Waals surface area (Å²) < 4.78 is 10.5. The molecule has 0 heterocycles. The molecule has 0 radical (unpaired) electrons. The zero-order chi connectivity index (χ0) is 34.5. The summed E-state index contributed by atoms with van der Waals surface area (Å²) >= 11 is 0. The van der Waals surface area contributed by atoms with Gasteiger partial charge in [-0.3, -0.25) is 19.2 Å². The molecule has 8 heteroatoms. The Bertz CT molecular complexity index is 971. The molecular formula is C39H68N2O6. The molecule has 0 fully saturated rings. The SMILES string of the molecule is CCCCCCCCCCCCCCCCC1=C(NCCCC(=O)OCCCC)C(=O)C(C)=C(NCCCC(=O)OCCCC)C1=O. The highest BCUT2D eigenvalue weighted by atomic mass is 16.5. The van der Waals surface area contributed by atoms with E-state index in [1.165, 1.54) is 70.6 Å². The first kappa shape index (κ1) is 42.4. The lowest BCUT2D eigenvalue weighted by atomic mass is 9.88. The number of ketones is 2. The fourth-order valence-corrected chi connectivity index (χ4v) is 5.70. The molecule has 1 aliphatic rings. The summed E-state index contributed by atoms with van der Waals surface area (Å²) in [6.45, 7) is 9.72. The van der Waals surface area contributed by atoms with E-state index in [-0.39, 0.29) is 36.3 Å². The van der Waals surface area contributed by atoms with Crippen LogP contribution in [0.4, 0.5) is 0 Å². The second-order valence-electron chi connectivity index (χ2n) is 13.1. The summed E-state index contributed by atoms with van der Waals surface area (Å²) in [6, 6.07) is 0. The van der Waals surface area contributed by atoms with Crippen LogP contribution >= 0.6 is 0 Å². The van der Waals surface area contributed by atoms with Gasteiger partial charge in [-0.25, -0.2) is 0 Å². The van der Waals surface area contributed by atoms with E-state index in [2.05, 4.69) is 17.6 Å². The number of hydrogen-bond acceptors (Lipinski definition) is 8. The number of unbranched alkanes of at least 4 members (excludes halogenated alkanes) is 15. The van der Waals surface area contributed by atoms with Gasteiger partial charge in [0.2, 0.25) is 11.6 Å². The summed E-state index contributed by atoms with van der Waals surface area (Å²) in [7, 11) is 0. The third-order valence-electron chi connectivity index (χ3n) is 8.77. The molecule has 0 saturated carbocycles.